The molecule has 0 radical (unpaired) electrons. The number of methoxy groups -OCH3 is 1. The molecule has 3 aromatic rings. The Morgan fingerprint density at radius 3 is 2.61 bits per heavy atom. The highest BCUT2D eigenvalue weighted by Gasteiger charge is 2.59. The summed E-state index contributed by atoms with van der Waals surface area (Å²) in [5.74, 6) is 1.37. The molecule has 3 aromatic carbocycles. The molecular weight excluding hydrogens is 434 g/mol. The summed E-state index contributed by atoms with van der Waals surface area (Å²) < 4.78 is 5.35. The molecule has 2 heterocycles. The number of carbonyl (C=O) groups is 2. The Morgan fingerprint density at radius 2 is 1.79 bits per heavy atom. The Kier molecular flexibility index (Phi) is 5.72. The number of urea groups is 1. The van der Waals surface area contributed by atoms with Gasteiger partial charge in [0.2, 0.25) is 0 Å². The summed E-state index contributed by atoms with van der Waals surface area (Å²) in [4.78, 5) is 29.7. The first kappa shape index (κ1) is 21.4. The highest BCUT2D eigenvalue weighted by Crippen LogP contribution is 2.54. The molecule has 7 heteroatoms. The Balaban J connectivity index is 1.45. The van der Waals surface area contributed by atoms with Crippen LogP contribution in [0, 0.1) is 0 Å². The molecule has 3 amide bonds. The number of amides is 3. The number of rotatable bonds is 5. The zero-order valence-corrected chi connectivity index (χ0v) is 19.2. The van der Waals surface area contributed by atoms with Gasteiger partial charge in [0.1, 0.15) is 5.75 Å². The molecule has 2 aliphatic rings. The van der Waals surface area contributed by atoms with Gasteiger partial charge in [-0.15, -0.1) is 11.8 Å². The topological polar surface area (TPSA) is 61.9 Å². The predicted octanol–water partition coefficient (Wildman–Crippen LogP) is 4.35. The van der Waals surface area contributed by atoms with Gasteiger partial charge in [-0.25, -0.2) is 4.79 Å². The Labute approximate surface area is 197 Å². The standard InChI is InChI=1S/C26H25N3O3S/c1-32-21-11-7-10-20(16-21)18-28-23-13-6-5-12-22(23)26(24(28)30)29(14-15-33-26)25(31)27-17-19-8-3-2-4-9-19/h2-13,16H,14-15,17-18H2,1H3,(H,27,31)/t26-/m0/s1. The van der Waals surface area contributed by atoms with Crippen molar-refractivity contribution in [2.24, 2.45) is 0 Å². The van der Waals surface area contributed by atoms with E-state index in [9.17, 15) is 9.59 Å². The first-order valence-corrected chi connectivity index (χ1v) is 11.9. The summed E-state index contributed by atoms with van der Waals surface area (Å²) in [7, 11) is 1.63. The number of carbonyl (C=O) groups excluding carboxylic acids is 2. The molecule has 1 saturated heterocycles. The summed E-state index contributed by atoms with van der Waals surface area (Å²) in [5, 5.41) is 3.01. The highest BCUT2D eigenvalue weighted by molar-refractivity contribution is 8.01. The fraction of sp³-hybridized carbons (Fsp3) is 0.231. The second-order valence-corrected chi connectivity index (χ2v) is 9.34. The van der Waals surface area contributed by atoms with Gasteiger partial charge in [0.05, 0.1) is 19.3 Å². The summed E-state index contributed by atoms with van der Waals surface area (Å²) in [6, 6.07) is 25.1. The number of anilines is 1. The molecule has 0 aromatic heterocycles. The van der Waals surface area contributed by atoms with Crippen LogP contribution in [0.2, 0.25) is 0 Å². The van der Waals surface area contributed by atoms with E-state index in [1.807, 2.05) is 78.9 Å². The van der Waals surface area contributed by atoms with Crippen molar-refractivity contribution < 1.29 is 14.3 Å². The maximum absolute atomic E-state index is 14.0. The number of nitrogens with zero attached hydrogens (tertiary/aromatic N) is 2. The van der Waals surface area contributed by atoms with Crippen molar-refractivity contribution in [1.82, 2.24) is 10.2 Å². The van der Waals surface area contributed by atoms with Crippen LogP contribution in [0.1, 0.15) is 16.7 Å². The van der Waals surface area contributed by atoms with Crippen LogP contribution in [0.4, 0.5) is 10.5 Å². The normalized spacial score (nSPS) is 19.1. The number of benzene rings is 3. The van der Waals surface area contributed by atoms with Crippen molar-refractivity contribution in [3.63, 3.8) is 0 Å². The molecule has 33 heavy (non-hydrogen) atoms. The number of ether oxygens (including phenoxy) is 1. The predicted molar refractivity (Wildman–Crippen MR) is 130 cm³/mol. The SMILES string of the molecule is COc1cccc(CN2C(=O)[C@@]3(SCCN3C(=O)NCc3ccccc3)c3ccccc32)c1. The van der Waals surface area contributed by atoms with Gasteiger partial charge in [-0.3, -0.25) is 9.69 Å². The van der Waals surface area contributed by atoms with Crippen molar-refractivity contribution in [3.8, 4) is 5.75 Å². The van der Waals surface area contributed by atoms with Gasteiger partial charge in [-0.05, 0) is 29.3 Å². The molecule has 0 saturated carbocycles. The lowest BCUT2D eigenvalue weighted by Crippen LogP contribution is -2.53. The molecule has 168 valence electrons. The minimum atomic E-state index is -1.05. The fourth-order valence-corrected chi connectivity index (χ4v) is 6.01. The number of nitrogens with one attached hydrogen (secondary N) is 1. The van der Waals surface area contributed by atoms with Crippen LogP contribution in [-0.2, 0) is 22.8 Å². The lowest BCUT2D eigenvalue weighted by atomic mass is 10.1. The molecule has 0 aliphatic carbocycles. The van der Waals surface area contributed by atoms with E-state index in [4.69, 9.17) is 4.74 Å². The molecule has 0 bridgehead atoms. The first-order valence-electron chi connectivity index (χ1n) is 10.9. The van der Waals surface area contributed by atoms with E-state index in [2.05, 4.69) is 5.32 Å². The van der Waals surface area contributed by atoms with Crippen LogP contribution >= 0.6 is 11.8 Å². The van der Waals surface area contributed by atoms with Crippen molar-refractivity contribution in [2.75, 3.05) is 24.3 Å². The average molecular weight is 460 g/mol. The van der Waals surface area contributed by atoms with Gasteiger partial charge in [-0.1, -0.05) is 60.7 Å². The summed E-state index contributed by atoms with van der Waals surface area (Å²) in [6.07, 6.45) is 0. The number of thioether (sulfide) groups is 1. The molecule has 1 atom stereocenters. The second-order valence-electron chi connectivity index (χ2n) is 8.05. The lowest BCUT2D eigenvalue weighted by molar-refractivity contribution is -0.123. The van der Waals surface area contributed by atoms with Gasteiger partial charge >= 0.3 is 6.03 Å². The van der Waals surface area contributed by atoms with Crippen molar-refractivity contribution in [1.29, 1.82) is 0 Å². The van der Waals surface area contributed by atoms with E-state index in [-0.39, 0.29) is 11.9 Å². The molecule has 6 nitrogen and oxygen atoms in total. The second kappa shape index (κ2) is 8.83. The average Bonchev–Trinajstić information content (AvgIpc) is 3.41. The van der Waals surface area contributed by atoms with E-state index < -0.39 is 4.87 Å². The molecule has 1 fully saturated rings. The zero-order chi connectivity index (χ0) is 22.8. The quantitative estimate of drug-likeness (QED) is 0.616. The van der Waals surface area contributed by atoms with E-state index in [0.717, 1.165) is 28.1 Å². The summed E-state index contributed by atoms with van der Waals surface area (Å²) >= 11 is 1.53. The third-order valence-electron chi connectivity index (χ3n) is 6.11. The number of hydrogen-bond donors (Lipinski definition) is 1. The summed E-state index contributed by atoms with van der Waals surface area (Å²) in [6.45, 7) is 1.34. The number of para-hydroxylation sites is 1. The minimum Gasteiger partial charge on any atom is -0.497 e. The fourth-order valence-electron chi connectivity index (χ4n) is 4.55. The van der Waals surface area contributed by atoms with Crippen molar-refractivity contribution >= 4 is 29.4 Å². The number of hydrogen-bond acceptors (Lipinski definition) is 4. The van der Waals surface area contributed by atoms with E-state index in [1.165, 1.54) is 11.8 Å². The highest BCUT2D eigenvalue weighted by atomic mass is 32.2. The monoisotopic (exact) mass is 459 g/mol. The molecule has 1 N–H and O–H groups in total. The van der Waals surface area contributed by atoms with Crippen LogP contribution < -0.4 is 15.0 Å². The van der Waals surface area contributed by atoms with Gasteiger partial charge in [-0.2, -0.15) is 0 Å². The summed E-state index contributed by atoms with van der Waals surface area (Å²) in [5.41, 5.74) is 3.71. The largest absolute Gasteiger partial charge is 0.497 e. The van der Waals surface area contributed by atoms with Crippen LogP contribution in [0.15, 0.2) is 78.9 Å². The van der Waals surface area contributed by atoms with Gasteiger partial charge < -0.3 is 15.0 Å². The number of fused-ring (bicyclic) bond motifs is 2. The first-order chi connectivity index (χ1) is 16.1. The van der Waals surface area contributed by atoms with Gasteiger partial charge in [0, 0.05) is 24.4 Å². The molecule has 5 rings (SSSR count). The lowest BCUT2D eigenvalue weighted by Gasteiger charge is -2.33. The van der Waals surface area contributed by atoms with E-state index >= 15 is 0 Å². The van der Waals surface area contributed by atoms with Crippen LogP contribution in [-0.4, -0.2) is 36.2 Å². The van der Waals surface area contributed by atoms with Crippen molar-refractivity contribution in [2.45, 2.75) is 18.0 Å². The zero-order valence-electron chi connectivity index (χ0n) is 18.4. The Morgan fingerprint density at radius 1 is 1.03 bits per heavy atom. The van der Waals surface area contributed by atoms with Crippen LogP contribution in [0.3, 0.4) is 0 Å². The van der Waals surface area contributed by atoms with Crippen molar-refractivity contribution in [3.05, 3.63) is 95.6 Å². The van der Waals surface area contributed by atoms with E-state index in [1.54, 1.807) is 16.9 Å². The van der Waals surface area contributed by atoms with Gasteiger partial charge in [0.25, 0.3) is 5.91 Å². The molecule has 1 spiro atoms. The van der Waals surface area contributed by atoms with Crippen LogP contribution in [0.25, 0.3) is 0 Å². The van der Waals surface area contributed by atoms with Gasteiger partial charge in [0.15, 0.2) is 4.87 Å². The Hall–Kier alpha value is -3.45. The third kappa shape index (κ3) is 3.72. The maximum atomic E-state index is 14.0. The molecule has 0 unspecified atom stereocenters. The van der Waals surface area contributed by atoms with E-state index in [0.29, 0.717) is 25.4 Å². The van der Waals surface area contributed by atoms with Crippen LogP contribution in [0.5, 0.6) is 5.75 Å². The maximum Gasteiger partial charge on any atom is 0.319 e. The molecular formula is C26H25N3O3S. The third-order valence-corrected chi connectivity index (χ3v) is 7.53. The minimum absolute atomic E-state index is 0.0797. The smallest absolute Gasteiger partial charge is 0.319 e. The molecule has 2 aliphatic heterocycles. The Bertz CT molecular complexity index is 1190.